The second kappa shape index (κ2) is 39.2. The van der Waals surface area contributed by atoms with E-state index < -0.39 is 0 Å². The van der Waals surface area contributed by atoms with Crippen LogP contribution in [0.5, 0.6) is 0 Å². The molecule has 5 heteroatoms. The zero-order valence-electron chi connectivity index (χ0n) is 5.76. The van der Waals surface area contributed by atoms with Crippen LogP contribution >= 0.6 is 0 Å². The first-order valence-electron chi connectivity index (χ1n) is 1.52. The molecular weight excluding hydrogens is 114 g/mol. The van der Waals surface area contributed by atoms with Gasteiger partial charge < -0.3 is 16.1 Å². The molecule has 0 amide bonds. The summed E-state index contributed by atoms with van der Waals surface area (Å²) >= 11 is 0. The van der Waals surface area contributed by atoms with Gasteiger partial charge in [0.25, 0.3) is 0 Å². The van der Waals surface area contributed by atoms with Gasteiger partial charge in [0.2, 0.25) is 0 Å². The van der Waals surface area contributed by atoms with E-state index in [2.05, 4.69) is 0 Å². The zero-order chi connectivity index (χ0) is 3.41. The molecule has 0 aromatic carbocycles. The number of hydrogen-bond acceptors (Lipinski definition) is 3. The van der Waals surface area contributed by atoms with E-state index in [0.29, 0.717) is 6.61 Å². The van der Waals surface area contributed by atoms with Crippen molar-refractivity contribution < 1.29 is 64.5 Å². The average Bonchev–Trinajstić information content (AvgIpc) is 1.37. The molecule has 0 radical (unpaired) electrons. The predicted octanol–water partition coefficient (Wildman–Crippen LogP) is -5.96. The van der Waals surface area contributed by atoms with Crippen molar-refractivity contribution in [1.29, 1.82) is 0 Å². The third-order valence-corrected chi connectivity index (χ3v) is 0.224. The number of rotatable bonds is 1. The molecule has 0 unspecified atom stereocenters. The van der Waals surface area contributed by atoms with Crippen LogP contribution in [0, 0.1) is 0 Å². The minimum Gasteiger partial charge on any atom is -0.870 e. The Labute approximate surface area is 83.9 Å². The Kier molecular flexibility index (Phi) is 166. The van der Waals surface area contributed by atoms with Gasteiger partial charge in [-0.15, -0.1) is 0 Å². The van der Waals surface area contributed by atoms with Crippen LogP contribution in [-0.2, 0) is 0 Å². The monoisotopic (exact) mass is 124 g/mol. The Balaban J connectivity index is -0.00000000750. The summed E-state index contributed by atoms with van der Waals surface area (Å²) in [4.78, 5) is 0. The molecule has 0 aliphatic heterocycles. The molecule has 3 N–H and O–H groups in total. The molecule has 0 bridgehead atoms. The average molecular weight is 124 g/mol. The maximum absolute atomic E-state index is 7.88. The first-order chi connectivity index (χ1) is 1.91. The van der Waals surface area contributed by atoms with Gasteiger partial charge in [0.1, 0.15) is 0 Å². The minimum atomic E-state index is 0. The summed E-state index contributed by atoms with van der Waals surface area (Å²) in [6, 6.07) is 0. The van der Waals surface area contributed by atoms with Gasteiger partial charge in [0.05, 0.1) is 0 Å². The molecule has 0 saturated carbocycles. The summed E-state index contributed by atoms with van der Waals surface area (Å²) in [6.45, 7) is 2.25. The fourth-order valence-corrected chi connectivity index (χ4v) is 0. The van der Waals surface area contributed by atoms with Crippen molar-refractivity contribution in [2.75, 3.05) is 6.61 Å². The van der Waals surface area contributed by atoms with Crippen molar-refractivity contribution in [1.82, 2.24) is 0 Å². The van der Waals surface area contributed by atoms with Crippen LogP contribution < -0.4 is 48.4 Å². The van der Waals surface area contributed by atoms with Gasteiger partial charge in [-0.05, 0) is 6.42 Å². The van der Waals surface area contributed by atoms with Crippen LogP contribution in [0.1, 0.15) is 13.3 Å². The molecule has 0 spiro atoms. The Morgan fingerprint density at radius 2 is 1.38 bits per heavy atom. The summed E-state index contributed by atoms with van der Waals surface area (Å²) in [5.41, 5.74) is 0. The molecule has 3 nitrogen and oxygen atoms in total. The van der Waals surface area contributed by atoms with Crippen LogP contribution in [0.25, 0.3) is 0 Å². The molecule has 42 valence electrons. The third kappa shape index (κ3) is 51.1. The molecule has 0 aromatic rings. The van der Waals surface area contributed by atoms with Gasteiger partial charge in [-0.1, -0.05) is 6.92 Å². The molecule has 0 rings (SSSR count). The maximum Gasteiger partial charge on any atom is 1.00 e. The molecule has 0 aliphatic rings. The van der Waals surface area contributed by atoms with Crippen molar-refractivity contribution in [2.45, 2.75) is 13.3 Å². The number of aliphatic hydroxyl groups excluding tert-OH is 1. The topological polar surface area (TPSA) is 80.2 Å². The summed E-state index contributed by atoms with van der Waals surface area (Å²) in [7, 11) is 0. The standard InChI is InChI=1S/C3H8O.Li.Na.2H2O/c1-2-3-4;;;;/h4H,2-3H2,1H3;;;2*1H2/q;2*+1;;/p-2. The Morgan fingerprint density at radius 3 is 1.38 bits per heavy atom. The first-order valence-corrected chi connectivity index (χ1v) is 1.52. The smallest absolute Gasteiger partial charge is 0.870 e. The van der Waals surface area contributed by atoms with E-state index >= 15 is 0 Å². The minimum absolute atomic E-state index is 0. The molecule has 0 saturated heterocycles. The predicted molar refractivity (Wildman–Crippen MR) is 21.2 cm³/mol. The van der Waals surface area contributed by atoms with E-state index in [0.717, 1.165) is 6.42 Å². The van der Waals surface area contributed by atoms with Gasteiger partial charge in [0, 0.05) is 6.61 Å². The molecule has 8 heavy (non-hydrogen) atoms. The Hall–Kier alpha value is 1.48. The molecule has 0 aromatic heterocycles. The molecule has 0 heterocycles. The SMILES string of the molecule is CCCO.[Li+].[Na+].[OH-].[OH-]. The van der Waals surface area contributed by atoms with E-state index in [1.165, 1.54) is 0 Å². The van der Waals surface area contributed by atoms with Crippen molar-refractivity contribution in [3.63, 3.8) is 0 Å². The summed E-state index contributed by atoms with van der Waals surface area (Å²) in [5, 5.41) is 7.88. The van der Waals surface area contributed by atoms with Gasteiger partial charge in [-0.2, -0.15) is 0 Å². The van der Waals surface area contributed by atoms with E-state index in [1.54, 1.807) is 0 Å². The van der Waals surface area contributed by atoms with Gasteiger partial charge in [-0.3, -0.25) is 0 Å². The van der Waals surface area contributed by atoms with Gasteiger partial charge >= 0.3 is 48.4 Å². The number of hydrogen-bond donors (Lipinski definition) is 1. The fourth-order valence-electron chi connectivity index (χ4n) is 0. The first kappa shape index (κ1) is 34.0. The van der Waals surface area contributed by atoms with Gasteiger partial charge in [-0.25, -0.2) is 0 Å². The van der Waals surface area contributed by atoms with Crippen molar-refractivity contribution in [3.05, 3.63) is 0 Å². The van der Waals surface area contributed by atoms with Gasteiger partial charge in [0.15, 0.2) is 0 Å². The maximum atomic E-state index is 7.88. The molecule has 0 aliphatic carbocycles. The molecule has 0 atom stereocenters. The zero-order valence-corrected chi connectivity index (χ0v) is 7.76. The van der Waals surface area contributed by atoms with Crippen molar-refractivity contribution in [2.24, 2.45) is 0 Å². The van der Waals surface area contributed by atoms with Crippen LogP contribution in [-0.4, -0.2) is 22.7 Å². The third-order valence-electron chi connectivity index (χ3n) is 0.224. The Bertz CT molecular complexity index is 16.5. The summed E-state index contributed by atoms with van der Waals surface area (Å²) in [5.74, 6) is 0. The van der Waals surface area contributed by atoms with Crippen LogP contribution in [0.3, 0.4) is 0 Å². The second-order valence-electron chi connectivity index (χ2n) is 0.724. The van der Waals surface area contributed by atoms with E-state index in [-0.39, 0.29) is 59.4 Å². The van der Waals surface area contributed by atoms with E-state index in [9.17, 15) is 0 Å². The summed E-state index contributed by atoms with van der Waals surface area (Å²) in [6.07, 6.45) is 0.875. The summed E-state index contributed by atoms with van der Waals surface area (Å²) < 4.78 is 0. The quantitative estimate of drug-likeness (QED) is 0.353. The van der Waals surface area contributed by atoms with Crippen molar-refractivity contribution >= 4 is 0 Å². The van der Waals surface area contributed by atoms with Crippen LogP contribution in [0.4, 0.5) is 0 Å². The second-order valence-corrected chi connectivity index (χ2v) is 0.724. The normalized spacial score (nSPS) is 3.75. The van der Waals surface area contributed by atoms with E-state index in [4.69, 9.17) is 5.11 Å². The Morgan fingerprint density at radius 1 is 1.25 bits per heavy atom. The largest absolute Gasteiger partial charge is 1.00 e. The molecular formula is C3H10LiNaO3. The number of aliphatic hydroxyl groups is 1. The fraction of sp³-hybridized carbons (Fsp3) is 1.00. The van der Waals surface area contributed by atoms with Crippen LogP contribution in [0.2, 0.25) is 0 Å². The van der Waals surface area contributed by atoms with Crippen molar-refractivity contribution in [3.8, 4) is 0 Å². The van der Waals surface area contributed by atoms with Crippen LogP contribution in [0.15, 0.2) is 0 Å². The molecule has 0 fully saturated rings. The van der Waals surface area contributed by atoms with E-state index in [1.807, 2.05) is 6.92 Å².